The number of nitrogens with zero attached hydrogens (tertiary/aromatic N) is 1. The molecule has 1 rings (SSSR count). The monoisotopic (exact) mass is 198 g/mol. The lowest BCUT2D eigenvalue weighted by Gasteiger charge is -2.13. The van der Waals surface area contributed by atoms with Gasteiger partial charge in [-0.25, -0.2) is 0 Å². The van der Waals surface area contributed by atoms with Crippen LogP contribution in [0.25, 0.3) is 0 Å². The molecule has 3 nitrogen and oxygen atoms in total. The normalized spacial score (nSPS) is 12.3. The second-order valence-corrected chi connectivity index (χ2v) is 3.41. The molecule has 0 fully saturated rings. The van der Waals surface area contributed by atoms with E-state index >= 15 is 0 Å². The smallest absolute Gasteiger partial charge is 0.193 e. The molecule has 0 aromatic heterocycles. The van der Waals surface area contributed by atoms with Crippen molar-refractivity contribution >= 4 is 18.3 Å². The first kappa shape index (κ1) is 10.2. The average molecular weight is 198 g/mol. The van der Waals surface area contributed by atoms with E-state index in [0.29, 0.717) is 0 Å². The van der Waals surface area contributed by atoms with Gasteiger partial charge in [0.2, 0.25) is 0 Å². The second kappa shape index (κ2) is 4.39. The minimum Gasteiger partial charge on any atom is -0.467 e. The van der Waals surface area contributed by atoms with Crippen LogP contribution in [0, 0.1) is 0 Å². The van der Waals surface area contributed by atoms with Gasteiger partial charge in [-0.3, -0.25) is 5.73 Å². The molecule has 0 unspecified atom stereocenters. The van der Waals surface area contributed by atoms with Crippen molar-refractivity contribution in [2.75, 3.05) is 19.0 Å². The Kier molecular flexibility index (Phi) is 3.45. The van der Waals surface area contributed by atoms with Gasteiger partial charge < -0.3 is 9.64 Å². The topological polar surface area (TPSA) is 38.5 Å². The molecule has 0 amide bonds. The van der Waals surface area contributed by atoms with Crippen LogP contribution in [-0.2, 0) is 0 Å². The van der Waals surface area contributed by atoms with Gasteiger partial charge in [0.05, 0.1) is 0 Å². The Morgan fingerprint density at radius 3 is 2.23 bits per heavy atom. The van der Waals surface area contributed by atoms with E-state index in [1.807, 2.05) is 43.3 Å². The summed E-state index contributed by atoms with van der Waals surface area (Å²) in [5, 5.41) is 0. The van der Waals surface area contributed by atoms with Crippen LogP contribution in [0.15, 0.2) is 24.3 Å². The van der Waals surface area contributed by atoms with Gasteiger partial charge >= 0.3 is 0 Å². The lowest BCUT2D eigenvalue weighted by Crippen LogP contribution is -2.19. The molecule has 0 aliphatic rings. The Morgan fingerprint density at radius 2 is 1.85 bits per heavy atom. The summed E-state index contributed by atoms with van der Waals surface area (Å²) in [4.78, 5) is 2.02. The third-order valence-corrected chi connectivity index (χ3v) is 1.72. The summed E-state index contributed by atoms with van der Waals surface area (Å²) in [6.45, 7) is 0. The van der Waals surface area contributed by atoms with Gasteiger partial charge in [-0.2, -0.15) is 0 Å². The van der Waals surface area contributed by atoms with E-state index < -0.39 is 5.56 Å². The SMILES string of the molecule is CN(C)c1ccc(O[C@H](N)S)cc1. The maximum absolute atomic E-state index is 5.35. The highest BCUT2D eigenvalue weighted by Gasteiger charge is 1.98. The van der Waals surface area contributed by atoms with Crippen LogP contribution in [0.3, 0.4) is 0 Å². The number of nitrogens with two attached hydrogens (primary N) is 1. The molecular formula is C9H14N2OS. The number of rotatable bonds is 3. The molecule has 1 atom stereocenters. The highest BCUT2D eigenvalue weighted by atomic mass is 32.1. The van der Waals surface area contributed by atoms with Crippen molar-refractivity contribution in [1.82, 2.24) is 0 Å². The van der Waals surface area contributed by atoms with Gasteiger partial charge in [0.15, 0.2) is 5.56 Å². The predicted octanol–water partition coefficient (Wildman–Crippen LogP) is 1.30. The van der Waals surface area contributed by atoms with Crippen molar-refractivity contribution in [2.45, 2.75) is 5.56 Å². The van der Waals surface area contributed by atoms with Crippen LogP contribution < -0.4 is 15.4 Å². The van der Waals surface area contributed by atoms with Crippen LogP contribution in [0.4, 0.5) is 5.69 Å². The quantitative estimate of drug-likeness (QED) is 0.568. The summed E-state index contributed by atoms with van der Waals surface area (Å²) >= 11 is 3.92. The minimum atomic E-state index is -0.565. The maximum atomic E-state index is 5.35. The van der Waals surface area contributed by atoms with Gasteiger partial charge in [-0.1, -0.05) is 0 Å². The highest BCUT2D eigenvalue weighted by molar-refractivity contribution is 7.80. The van der Waals surface area contributed by atoms with Crippen LogP contribution in [-0.4, -0.2) is 19.7 Å². The zero-order chi connectivity index (χ0) is 9.84. The Hall–Kier alpha value is -0.870. The minimum absolute atomic E-state index is 0.565. The number of anilines is 1. The molecular weight excluding hydrogens is 184 g/mol. The maximum Gasteiger partial charge on any atom is 0.193 e. The van der Waals surface area contributed by atoms with E-state index in [2.05, 4.69) is 12.6 Å². The average Bonchev–Trinajstić information content (AvgIpc) is 2.04. The zero-order valence-corrected chi connectivity index (χ0v) is 8.66. The Bertz CT molecular complexity index is 259. The van der Waals surface area contributed by atoms with Crippen molar-refractivity contribution in [3.63, 3.8) is 0 Å². The lowest BCUT2D eigenvalue weighted by atomic mass is 10.3. The fourth-order valence-electron chi connectivity index (χ4n) is 0.962. The van der Waals surface area contributed by atoms with E-state index in [9.17, 15) is 0 Å². The van der Waals surface area contributed by atoms with Crippen molar-refractivity contribution in [1.29, 1.82) is 0 Å². The predicted molar refractivity (Wildman–Crippen MR) is 58.4 cm³/mol. The summed E-state index contributed by atoms with van der Waals surface area (Å²) in [7, 11) is 3.97. The summed E-state index contributed by atoms with van der Waals surface area (Å²) in [6, 6.07) is 7.66. The fourth-order valence-corrected chi connectivity index (χ4v) is 1.08. The first-order valence-electron chi connectivity index (χ1n) is 3.97. The van der Waals surface area contributed by atoms with E-state index in [4.69, 9.17) is 10.5 Å². The number of thiol groups is 1. The Morgan fingerprint density at radius 1 is 1.31 bits per heavy atom. The van der Waals surface area contributed by atoms with Gasteiger partial charge in [0.25, 0.3) is 0 Å². The third-order valence-electron chi connectivity index (χ3n) is 1.61. The molecule has 0 aliphatic carbocycles. The summed E-state index contributed by atoms with van der Waals surface area (Å²) in [5.74, 6) is 0.730. The lowest BCUT2D eigenvalue weighted by molar-refractivity contribution is 0.298. The molecule has 1 aromatic carbocycles. The Labute approximate surface area is 83.9 Å². The van der Waals surface area contributed by atoms with E-state index in [0.717, 1.165) is 11.4 Å². The largest absolute Gasteiger partial charge is 0.467 e. The van der Waals surface area contributed by atoms with E-state index in [1.54, 1.807) is 0 Å². The van der Waals surface area contributed by atoms with Crippen molar-refractivity contribution in [3.8, 4) is 5.75 Å². The molecule has 72 valence electrons. The Balaban J connectivity index is 2.70. The van der Waals surface area contributed by atoms with Gasteiger partial charge in [-0.05, 0) is 24.3 Å². The van der Waals surface area contributed by atoms with Crippen molar-refractivity contribution in [2.24, 2.45) is 5.73 Å². The first-order chi connectivity index (χ1) is 6.09. The molecule has 1 aromatic rings. The third kappa shape index (κ3) is 3.16. The summed E-state index contributed by atoms with van der Waals surface area (Å²) < 4.78 is 5.17. The molecule has 4 heteroatoms. The number of hydrogen-bond acceptors (Lipinski definition) is 4. The van der Waals surface area contributed by atoms with Crippen LogP contribution in [0.1, 0.15) is 0 Å². The standard InChI is InChI=1S/C9H14N2OS/c1-11(2)7-3-5-8(6-4-7)12-9(10)13/h3-6,9,13H,10H2,1-2H3/t9-/m0/s1. The molecule has 0 aliphatic heterocycles. The molecule has 0 spiro atoms. The molecule has 2 N–H and O–H groups in total. The van der Waals surface area contributed by atoms with Crippen molar-refractivity contribution in [3.05, 3.63) is 24.3 Å². The van der Waals surface area contributed by atoms with Crippen molar-refractivity contribution < 1.29 is 4.74 Å². The zero-order valence-electron chi connectivity index (χ0n) is 7.77. The molecule has 0 saturated heterocycles. The number of hydrogen-bond donors (Lipinski definition) is 2. The summed E-state index contributed by atoms with van der Waals surface area (Å²) in [6.07, 6.45) is 0. The summed E-state index contributed by atoms with van der Waals surface area (Å²) in [5.41, 5.74) is 5.91. The van der Waals surface area contributed by atoms with Crippen LogP contribution in [0.5, 0.6) is 5.75 Å². The van der Waals surface area contributed by atoms with Crippen LogP contribution >= 0.6 is 12.6 Å². The van der Waals surface area contributed by atoms with Gasteiger partial charge in [-0.15, -0.1) is 12.6 Å². The fraction of sp³-hybridized carbons (Fsp3) is 0.333. The first-order valence-corrected chi connectivity index (χ1v) is 4.49. The van der Waals surface area contributed by atoms with Crippen LogP contribution in [0.2, 0.25) is 0 Å². The van der Waals surface area contributed by atoms with E-state index in [-0.39, 0.29) is 0 Å². The molecule has 0 bridgehead atoms. The highest BCUT2D eigenvalue weighted by Crippen LogP contribution is 2.18. The molecule has 0 saturated carbocycles. The van der Waals surface area contributed by atoms with Gasteiger partial charge in [0.1, 0.15) is 5.75 Å². The second-order valence-electron chi connectivity index (χ2n) is 2.90. The van der Waals surface area contributed by atoms with Gasteiger partial charge in [0, 0.05) is 19.8 Å². The number of ether oxygens (including phenoxy) is 1. The number of benzene rings is 1. The molecule has 0 heterocycles. The van der Waals surface area contributed by atoms with E-state index in [1.165, 1.54) is 0 Å². The molecule has 0 radical (unpaired) electrons. The molecule has 13 heavy (non-hydrogen) atoms.